The van der Waals surface area contributed by atoms with Crippen molar-refractivity contribution >= 4 is 35.4 Å². The van der Waals surface area contributed by atoms with Crippen LogP contribution in [0.3, 0.4) is 0 Å². The molecule has 36 heavy (non-hydrogen) atoms. The van der Waals surface area contributed by atoms with Gasteiger partial charge in [0, 0.05) is 32.6 Å². The highest BCUT2D eigenvalue weighted by molar-refractivity contribution is 5.97. The van der Waals surface area contributed by atoms with Crippen LogP contribution in [0.25, 0.3) is 0 Å². The van der Waals surface area contributed by atoms with Gasteiger partial charge in [0.15, 0.2) is 0 Å². The van der Waals surface area contributed by atoms with Crippen LogP contribution < -0.4 is 26.6 Å². The molecular weight excluding hydrogens is 466 g/mol. The van der Waals surface area contributed by atoms with Crippen LogP contribution in [-0.4, -0.2) is 55.9 Å². The third-order valence-electron chi connectivity index (χ3n) is 5.20. The Balaban J connectivity index is 2.65. The van der Waals surface area contributed by atoms with Crippen LogP contribution >= 0.6 is 0 Å². The highest BCUT2D eigenvalue weighted by atomic mass is 16.5. The van der Waals surface area contributed by atoms with E-state index in [0.29, 0.717) is 25.1 Å². The zero-order chi connectivity index (χ0) is 26.8. The van der Waals surface area contributed by atoms with E-state index in [1.165, 1.54) is 14.0 Å². The van der Waals surface area contributed by atoms with Gasteiger partial charge in [-0.1, -0.05) is 38.3 Å². The first-order valence-corrected chi connectivity index (χ1v) is 12.3. The normalized spacial score (nSPS) is 11.1. The molecule has 11 nitrogen and oxygen atoms in total. The molecule has 0 spiro atoms. The van der Waals surface area contributed by atoms with Crippen molar-refractivity contribution in [3.05, 3.63) is 29.8 Å². The molecule has 0 bridgehead atoms. The Kier molecular flexibility index (Phi) is 15.0. The fraction of sp³-hybridized carbons (Fsp3) is 0.560. The van der Waals surface area contributed by atoms with Gasteiger partial charge in [-0.05, 0) is 37.0 Å². The second kappa shape index (κ2) is 17.8. The molecule has 1 unspecified atom stereocenters. The molecule has 0 aliphatic carbocycles. The molecule has 200 valence electrons. The van der Waals surface area contributed by atoms with E-state index in [2.05, 4.69) is 33.5 Å². The number of carbonyl (C=O) groups excluding carboxylic acids is 5. The van der Waals surface area contributed by atoms with E-state index in [1.54, 1.807) is 24.3 Å². The molecule has 0 saturated heterocycles. The summed E-state index contributed by atoms with van der Waals surface area (Å²) < 4.78 is 4.94. The number of hydrogen-bond donors (Lipinski definition) is 5. The minimum Gasteiger partial charge on any atom is -0.461 e. The van der Waals surface area contributed by atoms with Crippen LogP contribution in [-0.2, 0) is 30.5 Å². The van der Waals surface area contributed by atoms with Crippen LogP contribution in [0.1, 0.15) is 64.4 Å². The smallest absolute Gasteiger partial charge is 0.314 e. The molecule has 0 heterocycles. The second-order valence-electron chi connectivity index (χ2n) is 8.32. The Hall–Kier alpha value is -3.63. The minimum absolute atomic E-state index is 0.130. The maximum Gasteiger partial charge on any atom is 0.314 e. The average molecular weight is 506 g/mol. The molecule has 1 aromatic rings. The van der Waals surface area contributed by atoms with Crippen LogP contribution in [0.15, 0.2) is 24.3 Å². The second-order valence-corrected chi connectivity index (χ2v) is 8.32. The average Bonchev–Trinajstić information content (AvgIpc) is 2.86. The Morgan fingerprint density at radius 2 is 1.64 bits per heavy atom. The summed E-state index contributed by atoms with van der Waals surface area (Å²) in [6.45, 7) is 3.64. The highest BCUT2D eigenvalue weighted by Crippen LogP contribution is 2.12. The maximum absolute atomic E-state index is 12.9. The number of carbonyl (C=O) groups is 5. The number of nitrogens with one attached hydrogen (secondary N) is 5. The molecule has 11 heteroatoms. The molecule has 5 N–H and O–H groups in total. The lowest BCUT2D eigenvalue weighted by Gasteiger charge is -2.19. The Morgan fingerprint density at radius 3 is 2.28 bits per heavy atom. The molecule has 5 amide bonds. The minimum atomic E-state index is -0.869. The Morgan fingerprint density at radius 1 is 0.917 bits per heavy atom. The van der Waals surface area contributed by atoms with Gasteiger partial charge in [-0.15, -0.1) is 0 Å². The third kappa shape index (κ3) is 13.9. The van der Waals surface area contributed by atoms with Gasteiger partial charge in [-0.2, -0.15) is 0 Å². The number of benzene rings is 1. The van der Waals surface area contributed by atoms with Gasteiger partial charge in [0.25, 0.3) is 0 Å². The predicted molar refractivity (Wildman–Crippen MR) is 136 cm³/mol. The topological polar surface area (TPSA) is 155 Å². The van der Waals surface area contributed by atoms with Gasteiger partial charge in [0.05, 0.1) is 6.54 Å². The molecule has 0 aromatic heterocycles. The fourth-order valence-electron chi connectivity index (χ4n) is 3.19. The van der Waals surface area contributed by atoms with E-state index < -0.39 is 17.9 Å². The number of amides is 5. The van der Waals surface area contributed by atoms with Gasteiger partial charge >= 0.3 is 12.0 Å². The number of urea groups is 1. The summed E-state index contributed by atoms with van der Waals surface area (Å²) in [5.41, 5.74) is 1.27. The largest absolute Gasteiger partial charge is 0.461 e. The number of rotatable bonds is 16. The van der Waals surface area contributed by atoms with E-state index in [9.17, 15) is 24.0 Å². The molecule has 0 radical (unpaired) electrons. The van der Waals surface area contributed by atoms with E-state index in [4.69, 9.17) is 4.74 Å². The first-order valence-electron chi connectivity index (χ1n) is 12.3. The van der Waals surface area contributed by atoms with Gasteiger partial charge < -0.3 is 31.3 Å². The summed E-state index contributed by atoms with van der Waals surface area (Å²) in [7, 11) is 1.50. The Bertz CT molecular complexity index is 859. The first kappa shape index (κ1) is 30.4. The molecule has 1 atom stereocenters. The number of hydrogen-bond acceptors (Lipinski definition) is 6. The van der Waals surface area contributed by atoms with Crippen molar-refractivity contribution in [3.8, 4) is 0 Å². The number of unbranched alkanes of at least 4 members (excludes halogenated alkanes) is 3. The summed E-state index contributed by atoms with van der Waals surface area (Å²) in [6.07, 6.45) is 4.94. The zero-order valence-corrected chi connectivity index (χ0v) is 21.4. The summed E-state index contributed by atoms with van der Waals surface area (Å²) in [5.74, 6) is -1.50. The van der Waals surface area contributed by atoms with E-state index in [0.717, 1.165) is 31.2 Å². The van der Waals surface area contributed by atoms with Crippen molar-refractivity contribution in [3.63, 3.8) is 0 Å². The van der Waals surface area contributed by atoms with Crippen molar-refractivity contribution in [1.29, 1.82) is 0 Å². The molecule has 0 saturated carbocycles. The fourth-order valence-corrected chi connectivity index (χ4v) is 3.19. The van der Waals surface area contributed by atoms with E-state index >= 15 is 0 Å². The van der Waals surface area contributed by atoms with Gasteiger partial charge in [-0.3, -0.25) is 19.2 Å². The summed E-state index contributed by atoms with van der Waals surface area (Å²) in [5, 5.41) is 13.1. The van der Waals surface area contributed by atoms with Crippen molar-refractivity contribution in [2.24, 2.45) is 0 Å². The van der Waals surface area contributed by atoms with Crippen LogP contribution in [0.5, 0.6) is 0 Å². The quantitative estimate of drug-likeness (QED) is 0.171. The summed E-state index contributed by atoms with van der Waals surface area (Å²) in [6, 6.07) is 5.57. The summed E-state index contributed by atoms with van der Waals surface area (Å²) in [4.78, 5) is 59.5. The zero-order valence-electron chi connectivity index (χ0n) is 21.4. The molecule has 1 aromatic carbocycles. The SMILES string of the molecule is CCCCCCC(=O)NCC(=O)NC(CCCNC(=O)NC)C(=O)Nc1ccc(COC(C)=O)cc1. The predicted octanol–water partition coefficient (Wildman–Crippen LogP) is 1.97. The number of ether oxygens (including phenoxy) is 1. The van der Waals surface area contributed by atoms with E-state index in [1.807, 2.05) is 0 Å². The van der Waals surface area contributed by atoms with Gasteiger partial charge in [0.2, 0.25) is 17.7 Å². The lowest BCUT2D eigenvalue weighted by molar-refractivity contribution is -0.142. The highest BCUT2D eigenvalue weighted by Gasteiger charge is 2.21. The Labute approximate surface area is 212 Å². The lowest BCUT2D eigenvalue weighted by Crippen LogP contribution is -2.47. The van der Waals surface area contributed by atoms with Crippen LogP contribution in [0.2, 0.25) is 0 Å². The molecule has 1 rings (SSSR count). The van der Waals surface area contributed by atoms with Crippen molar-refractivity contribution in [2.45, 2.75) is 71.4 Å². The molecular formula is C25H39N5O6. The molecule has 0 fully saturated rings. The first-order chi connectivity index (χ1) is 17.2. The molecule has 0 aliphatic heterocycles. The van der Waals surface area contributed by atoms with Crippen molar-refractivity contribution in [2.75, 3.05) is 25.5 Å². The standard InChI is InChI=1S/C25H39N5O6/c1-4-5-6-7-10-22(32)28-16-23(33)30-21(9-8-15-27-25(35)26-3)24(34)29-20-13-11-19(12-14-20)17-36-18(2)31/h11-14,21H,4-10,15-17H2,1-3H3,(H,28,32)(H,29,34)(H,30,33)(H2,26,27,35). The number of esters is 1. The number of anilines is 1. The van der Waals surface area contributed by atoms with E-state index in [-0.39, 0.29) is 37.5 Å². The summed E-state index contributed by atoms with van der Waals surface area (Å²) >= 11 is 0. The monoisotopic (exact) mass is 505 g/mol. The van der Waals surface area contributed by atoms with Gasteiger partial charge in [0.1, 0.15) is 12.6 Å². The molecule has 0 aliphatic rings. The third-order valence-corrected chi connectivity index (χ3v) is 5.20. The van der Waals surface area contributed by atoms with Crippen molar-refractivity contribution in [1.82, 2.24) is 21.3 Å². The maximum atomic E-state index is 12.9. The lowest BCUT2D eigenvalue weighted by atomic mass is 10.1. The van der Waals surface area contributed by atoms with Gasteiger partial charge in [-0.25, -0.2) is 4.79 Å². The van der Waals surface area contributed by atoms with Crippen LogP contribution in [0, 0.1) is 0 Å². The van der Waals surface area contributed by atoms with Crippen LogP contribution in [0.4, 0.5) is 10.5 Å². The van der Waals surface area contributed by atoms with Crippen molar-refractivity contribution < 1.29 is 28.7 Å².